The summed E-state index contributed by atoms with van der Waals surface area (Å²) in [5.74, 6) is -3.57. The number of halogens is 6. The van der Waals surface area contributed by atoms with E-state index in [0.717, 1.165) is 18.2 Å². The molecule has 2 unspecified atom stereocenters. The van der Waals surface area contributed by atoms with Crippen LogP contribution in [0.5, 0.6) is 5.75 Å². The molecule has 11 heteroatoms. The Kier molecular flexibility index (Phi) is 8.91. The van der Waals surface area contributed by atoms with Gasteiger partial charge in [-0.2, -0.15) is 22.8 Å². The molecule has 0 spiro atoms. The minimum atomic E-state index is -4.90. The molecule has 0 heterocycles. The fourth-order valence-electron chi connectivity index (χ4n) is 4.06. The van der Waals surface area contributed by atoms with Gasteiger partial charge >= 0.3 is 12.5 Å². The van der Waals surface area contributed by atoms with E-state index in [1.54, 1.807) is 57.2 Å². The first-order chi connectivity index (χ1) is 17.7. The SMILES string of the molecule is CC(C)(C)[S+]([O-])N[C@@](Cc1ccccc1)(c1cc(F)cc(OC(F)(F)C(F)F)c1)C1C=CC(F)=C(C#N)C1. The third kappa shape index (κ3) is 6.73. The van der Waals surface area contributed by atoms with Gasteiger partial charge in [0.15, 0.2) is 0 Å². The smallest absolute Gasteiger partial charge is 0.461 e. The molecule has 3 atom stereocenters. The molecule has 2 aromatic carbocycles. The second kappa shape index (κ2) is 11.4. The van der Waals surface area contributed by atoms with E-state index >= 15 is 0 Å². The van der Waals surface area contributed by atoms with Crippen LogP contribution in [0.1, 0.15) is 38.3 Å². The van der Waals surface area contributed by atoms with Crippen LogP contribution in [0.25, 0.3) is 0 Å². The van der Waals surface area contributed by atoms with Crippen molar-refractivity contribution in [1.82, 2.24) is 4.72 Å². The summed E-state index contributed by atoms with van der Waals surface area (Å²) in [5, 5.41) is 9.49. The highest BCUT2D eigenvalue weighted by Gasteiger charge is 2.48. The van der Waals surface area contributed by atoms with Crippen molar-refractivity contribution in [3.8, 4) is 11.8 Å². The van der Waals surface area contributed by atoms with Crippen molar-refractivity contribution in [2.45, 2.75) is 56.4 Å². The van der Waals surface area contributed by atoms with Crippen LogP contribution in [0.3, 0.4) is 0 Å². The number of rotatable bonds is 9. The molecule has 0 amide bonds. The summed E-state index contributed by atoms with van der Waals surface area (Å²) >= 11 is -1.85. The van der Waals surface area contributed by atoms with E-state index in [9.17, 15) is 36.2 Å². The predicted octanol–water partition coefficient (Wildman–Crippen LogP) is 6.88. The van der Waals surface area contributed by atoms with Crippen LogP contribution in [0.4, 0.5) is 26.3 Å². The van der Waals surface area contributed by atoms with Crippen LogP contribution in [0.15, 0.2) is 72.1 Å². The van der Waals surface area contributed by atoms with Crippen molar-refractivity contribution in [3.63, 3.8) is 0 Å². The maximum absolute atomic E-state index is 14.9. The Labute approximate surface area is 220 Å². The minimum absolute atomic E-state index is 0.0148. The van der Waals surface area contributed by atoms with E-state index in [1.165, 1.54) is 6.08 Å². The average molecular weight is 557 g/mol. The molecule has 2 aromatic rings. The van der Waals surface area contributed by atoms with Crippen molar-refractivity contribution in [1.29, 1.82) is 5.26 Å². The Balaban J connectivity index is 2.27. The number of ether oxygens (including phenoxy) is 1. The molecule has 1 N–H and O–H groups in total. The lowest BCUT2D eigenvalue weighted by Gasteiger charge is -2.43. The largest absolute Gasteiger partial charge is 0.598 e. The van der Waals surface area contributed by atoms with Gasteiger partial charge in [-0.3, -0.25) is 0 Å². The maximum Gasteiger partial charge on any atom is 0.461 e. The monoisotopic (exact) mass is 556 g/mol. The molecule has 0 aromatic heterocycles. The zero-order valence-electron chi connectivity index (χ0n) is 20.8. The van der Waals surface area contributed by atoms with Gasteiger partial charge in [0.2, 0.25) is 0 Å². The minimum Gasteiger partial charge on any atom is -0.598 e. The summed E-state index contributed by atoms with van der Waals surface area (Å²) < 4.78 is 102. The molecule has 204 valence electrons. The Bertz CT molecular complexity index is 1240. The second-order valence-electron chi connectivity index (χ2n) is 9.87. The molecule has 1 aliphatic rings. The van der Waals surface area contributed by atoms with Crippen molar-refractivity contribution in [2.75, 3.05) is 0 Å². The molecule has 0 radical (unpaired) electrons. The molecular weight excluding hydrogens is 530 g/mol. The Morgan fingerprint density at radius 1 is 1.13 bits per heavy atom. The van der Waals surface area contributed by atoms with Crippen LogP contribution < -0.4 is 9.46 Å². The Hall–Kier alpha value is -2.94. The summed E-state index contributed by atoms with van der Waals surface area (Å²) in [5.41, 5.74) is -1.21. The van der Waals surface area contributed by atoms with Crippen LogP contribution in [-0.2, 0) is 23.3 Å². The first kappa shape index (κ1) is 29.6. The van der Waals surface area contributed by atoms with Gasteiger partial charge in [0, 0.05) is 23.3 Å². The van der Waals surface area contributed by atoms with E-state index < -0.39 is 57.5 Å². The van der Waals surface area contributed by atoms with E-state index in [4.69, 9.17) is 0 Å². The highest BCUT2D eigenvalue weighted by atomic mass is 32.2. The van der Waals surface area contributed by atoms with Crippen LogP contribution in [0.2, 0.25) is 0 Å². The summed E-state index contributed by atoms with van der Waals surface area (Å²) in [6.07, 6.45) is -6.80. The summed E-state index contributed by atoms with van der Waals surface area (Å²) in [7, 11) is 0. The number of benzene rings is 2. The normalized spacial score (nSPS) is 18.7. The van der Waals surface area contributed by atoms with E-state index in [1.807, 2.05) is 0 Å². The molecule has 3 rings (SSSR count). The highest BCUT2D eigenvalue weighted by molar-refractivity contribution is 7.90. The summed E-state index contributed by atoms with van der Waals surface area (Å²) in [6, 6.07) is 12.9. The number of hydrogen-bond acceptors (Lipinski definition) is 4. The zero-order valence-corrected chi connectivity index (χ0v) is 21.6. The zero-order chi connectivity index (χ0) is 28.3. The number of nitrogens with one attached hydrogen (secondary N) is 1. The third-order valence-corrected chi connectivity index (χ3v) is 7.67. The average Bonchev–Trinajstić information content (AvgIpc) is 2.83. The lowest BCUT2D eigenvalue weighted by Crippen LogP contribution is -2.56. The van der Waals surface area contributed by atoms with Gasteiger partial charge < -0.3 is 9.29 Å². The Morgan fingerprint density at radius 3 is 2.37 bits per heavy atom. The molecular formula is C27H26F6N2O2S. The van der Waals surface area contributed by atoms with Gasteiger partial charge in [-0.15, -0.1) is 4.72 Å². The summed E-state index contributed by atoms with van der Waals surface area (Å²) in [4.78, 5) is 0. The van der Waals surface area contributed by atoms with Crippen LogP contribution in [-0.4, -0.2) is 21.8 Å². The maximum atomic E-state index is 14.9. The van der Waals surface area contributed by atoms with Gasteiger partial charge in [0.25, 0.3) is 0 Å². The van der Waals surface area contributed by atoms with Gasteiger partial charge in [-0.1, -0.05) is 36.4 Å². The standard InChI is InChI=1S/C27H26F6N2O2S/c1-25(2,3)38(36)35-26(15-17-7-5-4-6-8-17,19-9-10-23(29)18(11-19)16-34)20-12-21(28)14-22(13-20)37-27(32,33)24(30)31/h4-10,12-14,19,24,35H,11,15H2,1-3H3/t19?,26-,38?/m1/s1. The molecule has 38 heavy (non-hydrogen) atoms. The molecule has 0 aliphatic heterocycles. The van der Waals surface area contributed by atoms with Gasteiger partial charge in [0.05, 0.1) is 17.2 Å². The molecule has 1 aliphatic carbocycles. The highest BCUT2D eigenvalue weighted by Crippen LogP contribution is 2.44. The number of nitrogens with zero attached hydrogens (tertiary/aromatic N) is 1. The van der Waals surface area contributed by atoms with Gasteiger partial charge in [0.1, 0.15) is 22.1 Å². The molecule has 0 fully saturated rings. The van der Waals surface area contributed by atoms with E-state index in [2.05, 4.69) is 9.46 Å². The molecule has 0 saturated carbocycles. The van der Waals surface area contributed by atoms with Crippen LogP contribution >= 0.6 is 0 Å². The predicted molar refractivity (Wildman–Crippen MR) is 132 cm³/mol. The Morgan fingerprint density at radius 2 is 1.79 bits per heavy atom. The fraction of sp³-hybridized carbons (Fsp3) is 0.370. The fourth-order valence-corrected chi connectivity index (χ4v) is 5.04. The number of hydrogen-bond donors (Lipinski definition) is 1. The number of nitriles is 1. The topological polar surface area (TPSA) is 68.1 Å². The lowest BCUT2D eigenvalue weighted by molar-refractivity contribution is -0.253. The third-order valence-electron chi connectivity index (χ3n) is 6.01. The van der Waals surface area contributed by atoms with Gasteiger partial charge in [-0.25, -0.2) is 8.78 Å². The second-order valence-corrected chi connectivity index (χ2v) is 11.8. The molecule has 0 saturated heterocycles. The quantitative estimate of drug-likeness (QED) is 0.270. The van der Waals surface area contributed by atoms with Crippen molar-refractivity contribution in [3.05, 3.63) is 89.0 Å². The van der Waals surface area contributed by atoms with Crippen LogP contribution in [0, 0.1) is 23.1 Å². The number of alkyl halides is 4. The van der Waals surface area contributed by atoms with E-state index in [0.29, 0.717) is 11.6 Å². The first-order valence-electron chi connectivity index (χ1n) is 11.5. The number of allylic oxidation sites excluding steroid dienone is 3. The molecule has 4 nitrogen and oxygen atoms in total. The molecule has 0 bridgehead atoms. The van der Waals surface area contributed by atoms with E-state index in [-0.39, 0.29) is 24.0 Å². The van der Waals surface area contributed by atoms with Gasteiger partial charge in [-0.05, 0) is 62.9 Å². The van der Waals surface area contributed by atoms with Crippen molar-refractivity contribution in [2.24, 2.45) is 5.92 Å². The van der Waals surface area contributed by atoms with Crippen molar-refractivity contribution >= 4 is 11.4 Å². The first-order valence-corrected chi connectivity index (χ1v) is 12.7. The summed E-state index contributed by atoms with van der Waals surface area (Å²) in [6.45, 7) is 5.01. The van der Waals surface area contributed by atoms with Crippen molar-refractivity contribution < 1.29 is 35.6 Å². The lowest BCUT2D eigenvalue weighted by atomic mass is 9.70.